The summed E-state index contributed by atoms with van der Waals surface area (Å²) in [6.07, 6.45) is 5.84. The van der Waals surface area contributed by atoms with Crippen LogP contribution in [0.5, 0.6) is 0 Å². The molecule has 0 aliphatic heterocycles. The van der Waals surface area contributed by atoms with Gasteiger partial charge in [0.2, 0.25) is 0 Å². The van der Waals surface area contributed by atoms with Gasteiger partial charge >= 0.3 is 0 Å². The van der Waals surface area contributed by atoms with Crippen LogP contribution in [0.1, 0.15) is 39.2 Å². The third-order valence-corrected chi connectivity index (χ3v) is 4.71. The topological polar surface area (TPSA) is 20.7 Å². The second-order valence-corrected chi connectivity index (χ2v) is 6.50. The van der Waals surface area contributed by atoms with Crippen LogP contribution in [0, 0.1) is 10.2 Å². The van der Waals surface area contributed by atoms with E-state index in [9.17, 15) is 0 Å². The van der Waals surface area contributed by atoms with Gasteiger partial charge in [0.25, 0.3) is 0 Å². The number of hydrogen-bond donors (Lipinski definition) is 1. The quantitative estimate of drug-likeness (QED) is 0.766. The van der Waals surface area contributed by atoms with Gasteiger partial charge < -0.3 is 9.55 Å². The third-order valence-electron chi connectivity index (χ3n) is 4.39. The van der Waals surface area contributed by atoms with Crippen molar-refractivity contribution in [1.29, 1.82) is 0 Å². The van der Waals surface area contributed by atoms with Crippen molar-refractivity contribution < 1.29 is 0 Å². The molecule has 1 fully saturated rings. The van der Waals surface area contributed by atoms with Crippen molar-refractivity contribution >= 4 is 12.2 Å². The fourth-order valence-electron chi connectivity index (χ4n) is 3.31. The highest BCUT2D eigenvalue weighted by Gasteiger charge is 2.37. The normalized spacial score (nSPS) is 21.7. The summed E-state index contributed by atoms with van der Waals surface area (Å²) >= 11 is 5.52. The van der Waals surface area contributed by atoms with E-state index in [0.29, 0.717) is 11.5 Å². The Bertz CT molecular complexity index is 622. The molecule has 1 saturated carbocycles. The standard InChI is InChI=1S/C16H20N2S/c1-16(2)10-6-9-14(16)18-13(11-17-15(18)19)12-7-4-3-5-8-12/h3-5,7-8,11,14H,6,9-10H2,1-2H3,(H,17,19). The van der Waals surface area contributed by atoms with Crippen molar-refractivity contribution in [2.24, 2.45) is 5.41 Å². The van der Waals surface area contributed by atoms with Crippen LogP contribution in [0.3, 0.4) is 0 Å². The Kier molecular flexibility index (Phi) is 3.09. The monoisotopic (exact) mass is 272 g/mol. The lowest BCUT2D eigenvalue weighted by atomic mass is 9.87. The lowest BCUT2D eigenvalue weighted by Crippen LogP contribution is -2.22. The van der Waals surface area contributed by atoms with Crippen LogP contribution >= 0.6 is 12.2 Å². The molecule has 0 saturated heterocycles. The molecule has 100 valence electrons. The first-order valence-corrected chi connectivity index (χ1v) is 7.36. The van der Waals surface area contributed by atoms with E-state index in [1.165, 1.54) is 30.5 Å². The highest BCUT2D eigenvalue weighted by Crippen LogP contribution is 2.47. The second-order valence-electron chi connectivity index (χ2n) is 6.11. The Morgan fingerprint density at radius 1 is 1.26 bits per heavy atom. The van der Waals surface area contributed by atoms with Gasteiger partial charge in [-0.25, -0.2) is 0 Å². The van der Waals surface area contributed by atoms with Gasteiger partial charge in [0.1, 0.15) is 0 Å². The van der Waals surface area contributed by atoms with Crippen LogP contribution < -0.4 is 0 Å². The molecule has 1 aromatic heterocycles. The molecule has 2 nitrogen and oxygen atoms in total. The van der Waals surface area contributed by atoms with Crippen molar-refractivity contribution in [3.8, 4) is 11.3 Å². The van der Waals surface area contributed by atoms with Gasteiger partial charge in [0, 0.05) is 12.2 Å². The summed E-state index contributed by atoms with van der Waals surface area (Å²) in [5.41, 5.74) is 2.77. The number of aromatic nitrogens is 2. The molecule has 1 heterocycles. The summed E-state index contributed by atoms with van der Waals surface area (Å²) in [6, 6.07) is 11.0. The molecule has 1 atom stereocenters. The number of imidazole rings is 1. The Morgan fingerprint density at radius 3 is 2.63 bits per heavy atom. The molecular weight excluding hydrogens is 252 g/mol. The van der Waals surface area contributed by atoms with Gasteiger partial charge in [-0.15, -0.1) is 0 Å². The number of hydrogen-bond acceptors (Lipinski definition) is 1. The van der Waals surface area contributed by atoms with Gasteiger partial charge in [0.05, 0.1) is 5.69 Å². The van der Waals surface area contributed by atoms with Crippen molar-refractivity contribution in [3.63, 3.8) is 0 Å². The zero-order valence-corrected chi connectivity index (χ0v) is 12.3. The maximum atomic E-state index is 5.52. The minimum absolute atomic E-state index is 0.323. The predicted molar refractivity (Wildman–Crippen MR) is 81.7 cm³/mol. The third kappa shape index (κ3) is 2.16. The zero-order chi connectivity index (χ0) is 13.5. The van der Waals surface area contributed by atoms with Crippen molar-refractivity contribution in [3.05, 3.63) is 41.3 Å². The van der Waals surface area contributed by atoms with Crippen molar-refractivity contribution in [2.75, 3.05) is 0 Å². The molecule has 19 heavy (non-hydrogen) atoms. The average molecular weight is 272 g/mol. The van der Waals surface area contributed by atoms with E-state index < -0.39 is 0 Å². The SMILES string of the molecule is CC1(C)CCCC1n1c(-c2ccccc2)c[nH]c1=S. The van der Waals surface area contributed by atoms with Crippen LogP contribution in [0.4, 0.5) is 0 Å². The van der Waals surface area contributed by atoms with E-state index in [-0.39, 0.29) is 0 Å². The first-order valence-electron chi connectivity index (χ1n) is 6.95. The Morgan fingerprint density at radius 2 is 2.00 bits per heavy atom. The first kappa shape index (κ1) is 12.7. The molecule has 0 amide bonds. The van der Waals surface area contributed by atoms with Gasteiger partial charge in [-0.1, -0.05) is 50.6 Å². The van der Waals surface area contributed by atoms with Gasteiger partial charge in [0.15, 0.2) is 4.77 Å². The van der Waals surface area contributed by atoms with Gasteiger partial charge in [-0.05, 0) is 36.0 Å². The van der Waals surface area contributed by atoms with Gasteiger partial charge in [-0.3, -0.25) is 0 Å². The van der Waals surface area contributed by atoms with E-state index in [2.05, 4.69) is 53.7 Å². The number of aromatic amines is 1. The summed E-state index contributed by atoms with van der Waals surface area (Å²) in [5.74, 6) is 0. The van der Waals surface area contributed by atoms with Crippen LogP contribution in [0.2, 0.25) is 0 Å². The maximum Gasteiger partial charge on any atom is 0.177 e. The van der Waals surface area contributed by atoms with E-state index in [1.54, 1.807) is 0 Å². The molecule has 0 bridgehead atoms. The highest BCUT2D eigenvalue weighted by atomic mass is 32.1. The molecule has 3 heteroatoms. The summed E-state index contributed by atoms with van der Waals surface area (Å²) in [7, 11) is 0. The lowest BCUT2D eigenvalue weighted by Gasteiger charge is -2.29. The van der Waals surface area contributed by atoms with Crippen LogP contribution in [-0.2, 0) is 0 Å². The summed E-state index contributed by atoms with van der Waals surface area (Å²) in [5, 5.41) is 0. The van der Waals surface area contributed by atoms with E-state index >= 15 is 0 Å². The van der Waals surface area contributed by atoms with Gasteiger partial charge in [-0.2, -0.15) is 0 Å². The van der Waals surface area contributed by atoms with Crippen molar-refractivity contribution in [2.45, 2.75) is 39.2 Å². The van der Waals surface area contributed by atoms with Crippen molar-refractivity contribution in [1.82, 2.24) is 9.55 Å². The molecule has 1 aliphatic carbocycles. The van der Waals surface area contributed by atoms with E-state index in [0.717, 1.165) is 4.77 Å². The molecule has 1 N–H and O–H groups in total. The number of H-pyrrole nitrogens is 1. The maximum absolute atomic E-state index is 5.52. The Labute approximate surface area is 119 Å². The zero-order valence-electron chi connectivity index (χ0n) is 11.5. The predicted octanol–water partition coefficient (Wildman–Crippen LogP) is 4.96. The summed E-state index contributed by atoms with van der Waals surface area (Å²) in [4.78, 5) is 3.23. The number of nitrogens with one attached hydrogen (secondary N) is 1. The second kappa shape index (κ2) is 4.64. The van der Waals surface area contributed by atoms with E-state index in [4.69, 9.17) is 12.2 Å². The molecule has 2 aromatic rings. The fraction of sp³-hybridized carbons (Fsp3) is 0.438. The van der Waals surface area contributed by atoms with Crippen LogP contribution in [0.25, 0.3) is 11.3 Å². The number of nitrogens with zero attached hydrogens (tertiary/aromatic N) is 1. The largest absolute Gasteiger partial charge is 0.337 e. The fourth-order valence-corrected chi connectivity index (χ4v) is 3.59. The molecule has 1 aliphatic rings. The Balaban J connectivity index is 2.12. The van der Waals surface area contributed by atoms with E-state index in [1.807, 2.05) is 6.20 Å². The minimum Gasteiger partial charge on any atom is -0.337 e. The Hall–Kier alpha value is -1.35. The summed E-state index contributed by atoms with van der Waals surface area (Å²) < 4.78 is 3.18. The molecule has 1 aromatic carbocycles. The highest BCUT2D eigenvalue weighted by molar-refractivity contribution is 7.71. The molecule has 0 radical (unpaired) electrons. The van der Waals surface area contributed by atoms with Crippen LogP contribution in [0.15, 0.2) is 36.5 Å². The molecule has 3 rings (SSSR count). The smallest absolute Gasteiger partial charge is 0.177 e. The average Bonchev–Trinajstić information content (AvgIpc) is 2.93. The van der Waals surface area contributed by atoms with Crippen LogP contribution in [-0.4, -0.2) is 9.55 Å². The first-order chi connectivity index (χ1) is 9.09. The number of benzene rings is 1. The molecule has 0 spiro atoms. The molecular formula is C16H20N2S. The lowest BCUT2D eigenvalue weighted by molar-refractivity contribution is 0.260. The number of rotatable bonds is 2. The molecule has 1 unspecified atom stereocenters. The minimum atomic E-state index is 0.323. The summed E-state index contributed by atoms with van der Waals surface area (Å²) in [6.45, 7) is 4.71.